The number of carbonyl (C=O) groups excluding carboxylic acids is 1. The van der Waals surface area contributed by atoms with E-state index in [0.29, 0.717) is 19.0 Å². The predicted molar refractivity (Wildman–Crippen MR) is 95.8 cm³/mol. The van der Waals surface area contributed by atoms with Crippen LogP contribution in [-0.2, 0) is 11.3 Å². The number of amides is 2. The van der Waals surface area contributed by atoms with Crippen LogP contribution in [0.2, 0.25) is 0 Å². The second-order valence-electron chi connectivity index (χ2n) is 7.30. The Hall–Kier alpha value is -1.82. The summed E-state index contributed by atoms with van der Waals surface area (Å²) in [6, 6.07) is 1.81. The topological polar surface area (TPSA) is 72.5 Å². The second kappa shape index (κ2) is 7.60. The maximum atomic E-state index is 12.1. The number of hydrogen-bond acceptors (Lipinski definition) is 4. The van der Waals surface area contributed by atoms with Crippen molar-refractivity contribution in [3.63, 3.8) is 0 Å². The number of urea groups is 1. The van der Waals surface area contributed by atoms with Crippen molar-refractivity contribution in [2.75, 3.05) is 13.7 Å². The zero-order valence-electron chi connectivity index (χ0n) is 15.5. The Morgan fingerprint density at radius 2 is 2.08 bits per heavy atom. The predicted octanol–water partition coefficient (Wildman–Crippen LogP) is 3.00. The van der Waals surface area contributed by atoms with Gasteiger partial charge in [0.15, 0.2) is 0 Å². The number of nitrogens with zero attached hydrogens (tertiary/aromatic N) is 1. The molecule has 3 rings (SSSR count). The summed E-state index contributed by atoms with van der Waals surface area (Å²) in [6.45, 7) is 4.89. The minimum absolute atomic E-state index is 0.112. The molecule has 1 aliphatic carbocycles. The molecule has 1 atom stereocenters. The van der Waals surface area contributed by atoms with E-state index in [4.69, 9.17) is 9.47 Å². The number of rotatable bonds is 5. The SMILES string of the molecule is COc1nc(C)cc(C)c1CNC(=O)NCC1CCC2(CCCC2)O1. The molecule has 2 amide bonds. The quantitative estimate of drug-likeness (QED) is 0.859. The molecule has 1 unspecified atom stereocenters. The van der Waals surface area contributed by atoms with Gasteiger partial charge in [-0.25, -0.2) is 9.78 Å². The van der Waals surface area contributed by atoms with Gasteiger partial charge in [0.05, 0.1) is 25.4 Å². The molecule has 6 heteroatoms. The lowest BCUT2D eigenvalue weighted by Gasteiger charge is -2.24. The number of ether oxygens (including phenoxy) is 2. The number of carbonyl (C=O) groups is 1. The van der Waals surface area contributed by atoms with Crippen molar-refractivity contribution >= 4 is 6.03 Å². The van der Waals surface area contributed by atoms with E-state index in [0.717, 1.165) is 29.7 Å². The van der Waals surface area contributed by atoms with Crippen LogP contribution in [0.4, 0.5) is 4.79 Å². The number of pyridine rings is 1. The lowest BCUT2D eigenvalue weighted by Crippen LogP contribution is -2.40. The number of hydrogen-bond donors (Lipinski definition) is 2. The van der Waals surface area contributed by atoms with Crippen molar-refractivity contribution in [1.29, 1.82) is 0 Å². The van der Waals surface area contributed by atoms with Gasteiger partial charge in [-0.3, -0.25) is 0 Å². The van der Waals surface area contributed by atoms with Crippen LogP contribution >= 0.6 is 0 Å². The Morgan fingerprint density at radius 3 is 2.80 bits per heavy atom. The van der Waals surface area contributed by atoms with E-state index in [9.17, 15) is 4.79 Å². The van der Waals surface area contributed by atoms with Gasteiger partial charge in [-0.05, 0) is 51.2 Å². The molecule has 2 aliphatic rings. The molecule has 1 aromatic rings. The van der Waals surface area contributed by atoms with Gasteiger partial charge in [0.1, 0.15) is 0 Å². The van der Waals surface area contributed by atoms with Gasteiger partial charge in [-0.1, -0.05) is 12.8 Å². The minimum atomic E-state index is -0.182. The van der Waals surface area contributed by atoms with E-state index >= 15 is 0 Å². The average molecular weight is 347 g/mol. The number of aryl methyl sites for hydroxylation is 2. The van der Waals surface area contributed by atoms with Crippen molar-refractivity contribution in [2.24, 2.45) is 0 Å². The standard InChI is InChI=1S/C19H29N3O3/c1-13-10-14(2)22-17(24-3)16(13)12-21-18(23)20-11-15-6-9-19(25-15)7-4-5-8-19/h10,15H,4-9,11-12H2,1-3H3,(H2,20,21,23). The third-order valence-corrected chi connectivity index (χ3v) is 5.40. The first-order valence-corrected chi connectivity index (χ1v) is 9.22. The Kier molecular flexibility index (Phi) is 5.47. The molecule has 138 valence electrons. The largest absolute Gasteiger partial charge is 0.481 e. The van der Waals surface area contributed by atoms with Crippen LogP contribution in [-0.4, -0.2) is 36.4 Å². The molecule has 0 radical (unpaired) electrons. The van der Waals surface area contributed by atoms with E-state index in [1.165, 1.54) is 25.7 Å². The number of nitrogens with one attached hydrogen (secondary N) is 2. The smallest absolute Gasteiger partial charge is 0.315 e. The van der Waals surface area contributed by atoms with Gasteiger partial charge in [0.2, 0.25) is 5.88 Å². The molecule has 1 saturated heterocycles. The molecular weight excluding hydrogens is 318 g/mol. The van der Waals surface area contributed by atoms with Gasteiger partial charge in [0, 0.05) is 17.8 Å². The molecule has 1 saturated carbocycles. The molecule has 1 aliphatic heterocycles. The van der Waals surface area contributed by atoms with Crippen LogP contribution < -0.4 is 15.4 Å². The van der Waals surface area contributed by atoms with Crippen LogP contribution in [0.3, 0.4) is 0 Å². The van der Waals surface area contributed by atoms with Crippen molar-refractivity contribution in [1.82, 2.24) is 15.6 Å². The van der Waals surface area contributed by atoms with Crippen molar-refractivity contribution in [2.45, 2.75) is 70.6 Å². The summed E-state index contributed by atoms with van der Waals surface area (Å²) in [4.78, 5) is 16.5. The van der Waals surface area contributed by atoms with Crippen LogP contribution in [0.25, 0.3) is 0 Å². The van der Waals surface area contributed by atoms with Gasteiger partial charge >= 0.3 is 6.03 Å². The third-order valence-electron chi connectivity index (χ3n) is 5.40. The molecule has 0 bridgehead atoms. The molecule has 2 heterocycles. The van der Waals surface area contributed by atoms with Crippen LogP contribution in [0.15, 0.2) is 6.07 Å². The van der Waals surface area contributed by atoms with E-state index in [1.54, 1.807) is 7.11 Å². The van der Waals surface area contributed by atoms with Crippen molar-refractivity contribution < 1.29 is 14.3 Å². The summed E-state index contributed by atoms with van der Waals surface area (Å²) >= 11 is 0. The summed E-state index contributed by atoms with van der Waals surface area (Å²) in [5, 5.41) is 5.83. The summed E-state index contributed by atoms with van der Waals surface area (Å²) in [5.74, 6) is 0.570. The highest BCUT2D eigenvalue weighted by Crippen LogP contribution is 2.43. The second-order valence-corrected chi connectivity index (χ2v) is 7.30. The Labute approximate surface area is 149 Å². The highest BCUT2D eigenvalue weighted by Gasteiger charge is 2.42. The van der Waals surface area contributed by atoms with Gasteiger partial charge < -0.3 is 20.1 Å². The van der Waals surface area contributed by atoms with E-state index in [2.05, 4.69) is 15.6 Å². The fourth-order valence-corrected chi connectivity index (χ4v) is 4.08. The highest BCUT2D eigenvalue weighted by molar-refractivity contribution is 5.74. The minimum Gasteiger partial charge on any atom is -0.481 e. The fourth-order valence-electron chi connectivity index (χ4n) is 4.08. The Balaban J connectivity index is 1.46. The highest BCUT2D eigenvalue weighted by atomic mass is 16.5. The lowest BCUT2D eigenvalue weighted by atomic mass is 9.98. The Bertz CT molecular complexity index is 627. The van der Waals surface area contributed by atoms with Gasteiger partial charge in [-0.15, -0.1) is 0 Å². The maximum Gasteiger partial charge on any atom is 0.315 e. The first kappa shape index (κ1) is 18.0. The number of aromatic nitrogens is 1. The van der Waals surface area contributed by atoms with Crippen LogP contribution in [0.5, 0.6) is 5.88 Å². The molecule has 0 aromatic carbocycles. The molecule has 6 nitrogen and oxygen atoms in total. The number of methoxy groups -OCH3 is 1. The van der Waals surface area contributed by atoms with Gasteiger partial charge in [-0.2, -0.15) is 0 Å². The van der Waals surface area contributed by atoms with Crippen LogP contribution in [0, 0.1) is 13.8 Å². The first-order chi connectivity index (χ1) is 12.0. The average Bonchev–Trinajstić information content (AvgIpc) is 3.21. The van der Waals surface area contributed by atoms with E-state index in [-0.39, 0.29) is 17.7 Å². The molecule has 2 fully saturated rings. The third kappa shape index (κ3) is 4.24. The monoisotopic (exact) mass is 347 g/mol. The van der Waals surface area contributed by atoms with Crippen LogP contribution in [0.1, 0.15) is 55.3 Å². The van der Waals surface area contributed by atoms with E-state index in [1.807, 2.05) is 19.9 Å². The summed E-state index contributed by atoms with van der Waals surface area (Å²) in [7, 11) is 1.60. The van der Waals surface area contributed by atoms with E-state index < -0.39 is 0 Å². The molecule has 1 aromatic heterocycles. The zero-order chi connectivity index (χ0) is 17.9. The van der Waals surface area contributed by atoms with Gasteiger partial charge in [0.25, 0.3) is 0 Å². The van der Waals surface area contributed by atoms with Crippen molar-refractivity contribution in [3.8, 4) is 5.88 Å². The maximum absolute atomic E-state index is 12.1. The summed E-state index contributed by atoms with van der Waals surface area (Å²) in [5.41, 5.74) is 2.99. The zero-order valence-corrected chi connectivity index (χ0v) is 15.5. The Morgan fingerprint density at radius 1 is 1.32 bits per heavy atom. The summed E-state index contributed by atoms with van der Waals surface area (Å²) < 4.78 is 11.6. The molecule has 25 heavy (non-hydrogen) atoms. The summed E-state index contributed by atoms with van der Waals surface area (Å²) in [6.07, 6.45) is 7.20. The first-order valence-electron chi connectivity index (χ1n) is 9.22. The lowest BCUT2D eigenvalue weighted by molar-refractivity contribution is -0.0341. The molecule has 2 N–H and O–H groups in total. The molecular formula is C19H29N3O3. The fraction of sp³-hybridized carbons (Fsp3) is 0.684. The normalized spacial score (nSPS) is 21.5. The molecule has 1 spiro atoms. The van der Waals surface area contributed by atoms with Crippen molar-refractivity contribution in [3.05, 3.63) is 22.9 Å².